The molecule has 1 aromatic rings. The van der Waals surface area contributed by atoms with Gasteiger partial charge in [-0.15, -0.1) is 0 Å². The lowest BCUT2D eigenvalue weighted by molar-refractivity contribution is 0.0697. The molecule has 0 aliphatic heterocycles. The molecule has 1 aromatic carbocycles. The van der Waals surface area contributed by atoms with Gasteiger partial charge in [0.05, 0.1) is 5.56 Å². The van der Waals surface area contributed by atoms with E-state index in [-0.39, 0.29) is 0 Å². The maximum Gasteiger partial charge on any atom is 0.335 e. The largest absolute Gasteiger partial charge is 0.478 e. The summed E-state index contributed by atoms with van der Waals surface area (Å²) < 4.78 is 0. The van der Waals surface area contributed by atoms with E-state index >= 15 is 0 Å². The topological polar surface area (TPSA) is 37.3 Å². The van der Waals surface area contributed by atoms with Crippen LogP contribution in [0.3, 0.4) is 0 Å². The third kappa shape index (κ3) is 1.94. The van der Waals surface area contributed by atoms with Crippen LogP contribution in [-0.4, -0.2) is 11.1 Å². The second kappa shape index (κ2) is 3.89. The van der Waals surface area contributed by atoms with E-state index in [9.17, 15) is 4.79 Å². The van der Waals surface area contributed by atoms with Crippen LogP contribution in [0.1, 0.15) is 34.3 Å². The Hall–Kier alpha value is -1.57. The summed E-state index contributed by atoms with van der Waals surface area (Å²) in [4.78, 5) is 10.8. The lowest BCUT2D eigenvalue weighted by Crippen LogP contribution is -2.02. The van der Waals surface area contributed by atoms with Crippen molar-refractivity contribution in [1.29, 1.82) is 0 Å². The quantitative estimate of drug-likeness (QED) is 0.798. The number of hydrogen-bond donors (Lipinski definition) is 1. The van der Waals surface area contributed by atoms with E-state index in [1.807, 2.05) is 6.07 Å². The summed E-state index contributed by atoms with van der Waals surface area (Å²) in [5.74, 6) is -0.868. The summed E-state index contributed by atoms with van der Waals surface area (Å²) in [5.41, 5.74) is 3.93. The van der Waals surface area contributed by atoms with Crippen molar-refractivity contribution in [3.63, 3.8) is 0 Å². The van der Waals surface area contributed by atoms with Gasteiger partial charge in [-0.3, -0.25) is 0 Å². The molecule has 2 nitrogen and oxygen atoms in total. The van der Waals surface area contributed by atoms with E-state index in [2.05, 4.69) is 13.0 Å². The second-order valence-electron chi connectivity index (χ2n) is 3.77. The summed E-state index contributed by atoms with van der Waals surface area (Å²) >= 11 is 0. The highest BCUT2D eigenvalue weighted by Gasteiger charge is 2.11. The Morgan fingerprint density at radius 2 is 2.20 bits per heavy atom. The van der Waals surface area contributed by atoms with Crippen molar-refractivity contribution in [2.45, 2.75) is 19.3 Å². The number of carbonyl (C=O) groups is 1. The van der Waals surface area contributed by atoms with Crippen molar-refractivity contribution >= 4 is 12.0 Å². The first kappa shape index (κ1) is 9.97. The number of benzene rings is 1. The Morgan fingerprint density at radius 3 is 2.87 bits per heavy atom. The molecule has 1 aliphatic carbocycles. The maximum absolute atomic E-state index is 10.8. The highest BCUT2D eigenvalue weighted by Crippen LogP contribution is 2.26. The van der Waals surface area contributed by atoms with Crippen LogP contribution in [-0.2, 0) is 6.42 Å². The van der Waals surface area contributed by atoms with Gasteiger partial charge in [-0.25, -0.2) is 4.79 Å². The molecule has 0 saturated carbocycles. The van der Waals surface area contributed by atoms with E-state index < -0.39 is 5.97 Å². The Balaban J connectivity index is 2.44. The molecular weight excluding hydrogens is 188 g/mol. The summed E-state index contributed by atoms with van der Waals surface area (Å²) in [6.07, 6.45) is 4.91. The molecule has 15 heavy (non-hydrogen) atoms. The van der Waals surface area contributed by atoms with Gasteiger partial charge < -0.3 is 5.11 Å². The Labute approximate surface area is 89.2 Å². The first-order chi connectivity index (χ1) is 7.20. The minimum absolute atomic E-state index is 0.357. The third-order valence-electron chi connectivity index (χ3n) is 2.79. The fraction of sp³-hybridized carbons (Fsp3) is 0.231. The minimum Gasteiger partial charge on any atom is -0.478 e. The number of carboxylic acid groups (broad SMARTS) is 1. The Morgan fingerprint density at radius 1 is 1.40 bits per heavy atom. The van der Waals surface area contributed by atoms with Gasteiger partial charge in [-0.1, -0.05) is 17.7 Å². The van der Waals surface area contributed by atoms with Gasteiger partial charge in [0.2, 0.25) is 0 Å². The fourth-order valence-electron chi connectivity index (χ4n) is 1.87. The van der Waals surface area contributed by atoms with Crippen molar-refractivity contribution in [3.8, 4) is 0 Å². The molecule has 0 saturated heterocycles. The van der Waals surface area contributed by atoms with E-state index in [1.54, 1.807) is 12.1 Å². The highest BCUT2D eigenvalue weighted by atomic mass is 16.4. The zero-order valence-electron chi connectivity index (χ0n) is 8.49. The van der Waals surface area contributed by atoms with Crippen LogP contribution < -0.4 is 0 Å². The molecule has 0 aromatic heterocycles. The Bertz CT molecular complexity index is 430. The number of hydrogen-bond acceptors (Lipinski definition) is 1. The summed E-state index contributed by atoms with van der Waals surface area (Å²) in [5, 5.41) is 8.88. The van der Waals surface area contributed by atoms with Gasteiger partial charge in [0.1, 0.15) is 0 Å². The number of carboxylic acids is 1. The molecule has 0 atom stereocenters. The number of fused-ring (bicyclic) bond motifs is 1. The summed E-state index contributed by atoms with van der Waals surface area (Å²) in [6.45, 7) is 3.86. The van der Waals surface area contributed by atoms with Crippen LogP contribution >= 0.6 is 0 Å². The lowest BCUT2D eigenvalue weighted by Gasteiger charge is -2.15. The molecule has 0 spiro atoms. The zero-order valence-corrected chi connectivity index (χ0v) is 8.49. The van der Waals surface area contributed by atoms with E-state index in [1.165, 1.54) is 11.1 Å². The van der Waals surface area contributed by atoms with Crippen molar-refractivity contribution < 1.29 is 9.90 Å². The summed E-state index contributed by atoms with van der Waals surface area (Å²) in [6, 6.07) is 5.33. The van der Waals surface area contributed by atoms with Gasteiger partial charge in [0.25, 0.3) is 0 Å². The van der Waals surface area contributed by atoms with Crippen LogP contribution in [0.4, 0.5) is 0 Å². The van der Waals surface area contributed by atoms with Crippen LogP contribution in [0, 0.1) is 6.92 Å². The molecule has 77 valence electrons. The Kier molecular flexibility index (Phi) is 2.58. The normalized spacial score (nSPS) is 14.3. The zero-order chi connectivity index (χ0) is 10.8. The predicted molar refractivity (Wildman–Crippen MR) is 59.7 cm³/mol. The molecule has 2 heteroatoms. The average Bonchev–Trinajstić information content (AvgIpc) is 2.27. The second-order valence-corrected chi connectivity index (χ2v) is 3.77. The van der Waals surface area contributed by atoms with Crippen LogP contribution in [0.5, 0.6) is 0 Å². The van der Waals surface area contributed by atoms with Gasteiger partial charge in [-0.2, -0.15) is 0 Å². The number of rotatable bonds is 2. The van der Waals surface area contributed by atoms with Gasteiger partial charge >= 0.3 is 5.97 Å². The van der Waals surface area contributed by atoms with Crippen molar-refractivity contribution in [3.05, 3.63) is 47.4 Å². The number of allylic oxidation sites excluding steroid dienone is 1. The fourth-order valence-corrected chi connectivity index (χ4v) is 1.87. The molecule has 0 bridgehead atoms. The minimum atomic E-state index is -0.868. The first-order valence-corrected chi connectivity index (χ1v) is 5.05. The lowest BCUT2D eigenvalue weighted by atomic mass is 9.90. The SMILES string of the molecule is [CH2]CC1=Cc2cc(C(=O)O)ccc2CC1. The van der Waals surface area contributed by atoms with Crippen molar-refractivity contribution in [1.82, 2.24) is 0 Å². The van der Waals surface area contributed by atoms with Crippen LogP contribution in [0.15, 0.2) is 23.8 Å². The standard InChI is InChI=1S/C13H13O2/c1-2-9-3-4-10-5-6-11(13(14)15)8-12(10)7-9/h5-8H,1-4H2,(H,14,15). The first-order valence-electron chi connectivity index (χ1n) is 5.05. The van der Waals surface area contributed by atoms with Crippen molar-refractivity contribution in [2.24, 2.45) is 0 Å². The molecule has 0 heterocycles. The van der Waals surface area contributed by atoms with Crippen molar-refractivity contribution in [2.75, 3.05) is 0 Å². The monoisotopic (exact) mass is 201 g/mol. The predicted octanol–water partition coefficient (Wildman–Crippen LogP) is 2.94. The van der Waals surface area contributed by atoms with Gasteiger partial charge in [0.15, 0.2) is 0 Å². The molecule has 2 rings (SSSR count). The van der Waals surface area contributed by atoms with E-state index in [4.69, 9.17) is 5.11 Å². The third-order valence-corrected chi connectivity index (χ3v) is 2.79. The van der Waals surface area contributed by atoms with E-state index in [0.717, 1.165) is 24.8 Å². The van der Waals surface area contributed by atoms with Crippen LogP contribution in [0.2, 0.25) is 0 Å². The summed E-state index contributed by atoms with van der Waals surface area (Å²) in [7, 11) is 0. The molecular formula is C13H13O2. The highest BCUT2D eigenvalue weighted by molar-refractivity contribution is 5.88. The van der Waals surface area contributed by atoms with Gasteiger partial charge in [-0.05, 0) is 49.4 Å². The molecule has 0 amide bonds. The maximum atomic E-state index is 10.8. The number of aromatic carboxylic acids is 1. The smallest absolute Gasteiger partial charge is 0.335 e. The average molecular weight is 201 g/mol. The van der Waals surface area contributed by atoms with Crippen LogP contribution in [0.25, 0.3) is 6.08 Å². The molecule has 0 unspecified atom stereocenters. The molecule has 1 aliphatic rings. The van der Waals surface area contributed by atoms with E-state index in [0.29, 0.717) is 5.56 Å². The number of aryl methyl sites for hydroxylation is 1. The van der Waals surface area contributed by atoms with Gasteiger partial charge in [0, 0.05) is 0 Å². The molecule has 1 radical (unpaired) electrons. The molecule has 1 N–H and O–H groups in total. The molecule has 0 fully saturated rings.